The van der Waals surface area contributed by atoms with Gasteiger partial charge in [-0.05, 0) is 96.9 Å². The highest BCUT2D eigenvalue weighted by Gasteiger charge is 2.09. The maximum Gasteiger partial charge on any atom is -0.0105 e. The van der Waals surface area contributed by atoms with Crippen LogP contribution in [0.15, 0.2) is 115 Å². The summed E-state index contributed by atoms with van der Waals surface area (Å²) < 4.78 is 0. The summed E-state index contributed by atoms with van der Waals surface area (Å²) in [6, 6.07) is 42.1. The second-order valence-corrected chi connectivity index (χ2v) is 10.7. The first-order chi connectivity index (χ1) is 18.9. The van der Waals surface area contributed by atoms with Gasteiger partial charge in [0.1, 0.15) is 0 Å². The van der Waals surface area contributed by atoms with Gasteiger partial charge >= 0.3 is 0 Å². The van der Waals surface area contributed by atoms with Crippen LogP contribution >= 0.6 is 0 Å². The first-order valence-corrected chi connectivity index (χ1v) is 13.7. The monoisotopic (exact) mass is 504 g/mol. The summed E-state index contributed by atoms with van der Waals surface area (Å²) in [5, 5.41) is 0. The van der Waals surface area contributed by atoms with Gasteiger partial charge in [0.15, 0.2) is 0 Å². The van der Waals surface area contributed by atoms with E-state index in [1.807, 2.05) is 0 Å². The summed E-state index contributed by atoms with van der Waals surface area (Å²) in [5.41, 5.74) is 16.2. The van der Waals surface area contributed by atoms with E-state index in [0.717, 1.165) is 0 Å². The summed E-state index contributed by atoms with van der Waals surface area (Å²) in [6.45, 7) is 10.8. The highest BCUT2D eigenvalue weighted by molar-refractivity contribution is 5.94. The lowest BCUT2D eigenvalue weighted by molar-refractivity contribution is 1.41. The summed E-state index contributed by atoms with van der Waals surface area (Å²) in [7, 11) is 0. The normalized spacial score (nSPS) is 10.7. The molecule has 5 rings (SSSR count). The summed E-state index contributed by atoms with van der Waals surface area (Å²) in [6.07, 6.45) is 4.65. The molecule has 0 saturated carbocycles. The lowest BCUT2D eigenvalue weighted by Crippen LogP contribution is -1.92. The fourth-order valence-corrected chi connectivity index (χ4v) is 4.87. The van der Waals surface area contributed by atoms with Gasteiger partial charge in [-0.25, -0.2) is 0 Å². The van der Waals surface area contributed by atoms with Crippen LogP contribution in [0, 0.1) is 34.6 Å². The van der Waals surface area contributed by atoms with Gasteiger partial charge in [-0.15, -0.1) is 0 Å². The van der Waals surface area contributed by atoms with E-state index >= 15 is 0 Å². The minimum atomic E-state index is 1.20. The van der Waals surface area contributed by atoms with E-state index < -0.39 is 0 Å². The molecule has 0 atom stereocenters. The van der Waals surface area contributed by atoms with E-state index in [-0.39, 0.29) is 0 Å². The third kappa shape index (κ3) is 6.36. The minimum absolute atomic E-state index is 1.20. The van der Waals surface area contributed by atoms with E-state index in [1.165, 1.54) is 72.3 Å². The summed E-state index contributed by atoms with van der Waals surface area (Å²) in [4.78, 5) is 0. The molecule has 0 fully saturated rings. The van der Waals surface area contributed by atoms with Crippen LogP contribution in [0.2, 0.25) is 0 Å². The first-order valence-electron chi connectivity index (χ1n) is 13.7. The van der Waals surface area contributed by atoms with Crippen molar-refractivity contribution in [1.82, 2.24) is 0 Å². The average Bonchev–Trinajstić information content (AvgIpc) is 2.94. The molecule has 5 aromatic carbocycles. The van der Waals surface area contributed by atoms with Gasteiger partial charge in [0.2, 0.25) is 0 Å². The largest absolute Gasteiger partial charge is 0.0587 e. The third-order valence-corrected chi connectivity index (χ3v) is 7.35. The number of aryl methyl sites for hydroxylation is 5. The molecular weight excluding hydrogens is 468 g/mol. The molecule has 0 saturated heterocycles. The smallest absolute Gasteiger partial charge is 0.0105 e. The maximum absolute atomic E-state index is 2.33. The Bertz CT molecular complexity index is 1530. The molecule has 0 radical (unpaired) electrons. The molecule has 0 amide bonds. The van der Waals surface area contributed by atoms with E-state index in [4.69, 9.17) is 0 Å². The van der Waals surface area contributed by atoms with Crippen LogP contribution in [0.5, 0.6) is 0 Å². The van der Waals surface area contributed by atoms with Crippen molar-refractivity contribution >= 4 is 23.3 Å². The Hall–Kier alpha value is -4.42. The Morgan fingerprint density at radius 1 is 0.385 bits per heavy atom. The lowest BCUT2D eigenvalue weighted by atomic mass is 9.92. The summed E-state index contributed by atoms with van der Waals surface area (Å²) in [5.74, 6) is 0. The first kappa shape index (κ1) is 26.2. The zero-order chi connectivity index (χ0) is 27.4. The molecular formula is C39H36. The average molecular weight is 505 g/mol. The van der Waals surface area contributed by atoms with Crippen LogP contribution in [-0.2, 0) is 0 Å². The van der Waals surface area contributed by atoms with Gasteiger partial charge in [0.05, 0.1) is 0 Å². The van der Waals surface area contributed by atoms with Crippen LogP contribution in [0.1, 0.15) is 61.2 Å². The second kappa shape index (κ2) is 11.5. The molecule has 0 aromatic heterocycles. The predicted molar refractivity (Wildman–Crippen MR) is 170 cm³/mol. The van der Waals surface area contributed by atoms with Crippen LogP contribution in [0.3, 0.4) is 0 Å². The third-order valence-electron chi connectivity index (χ3n) is 7.35. The SMILES string of the molecule is Cc1ccc(C(=Cc2ccc(C=C(c3ccc(C)cc3)c3ccc(C)cc3)c(C)c2)c2ccc(C)cc2)cc1. The standard InChI is InChI=1S/C39H36/c1-27-6-15-33(16-7-27)38(34-17-8-28(2)9-18-34)25-32-14-23-37(31(5)24-32)26-39(35-19-10-29(3)11-20-35)36-21-12-30(4)13-22-36/h6-26H,1-5H3. The molecule has 0 unspecified atom stereocenters. The minimum Gasteiger partial charge on any atom is -0.0587 e. The Morgan fingerprint density at radius 2 is 0.718 bits per heavy atom. The van der Waals surface area contributed by atoms with Gasteiger partial charge in [0.25, 0.3) is 0 Å². The molecule has 192 valence electrons. The molecule has 39 heavy (non-hydrogen) atoms. The molecule has 0 heteroatoms. The number of benzene rings is 5. The van der Waals surface area contributed by atoms with Gasteiger partial charge in [0, 0.05) is 0 Å². The highest BCUT2D eigenvalue weighted by Crippen LogP contribution is 2.30. The van der Waals surface area contributed by atoms with Crippen molar-refractivity contribution < 1.29 is 0 Å². The van der Waals surface area contributed by atoms with Gasteiger partial charge < -0.3 is 0 Å². The number of rotatable bonds is 6. The van der Waals surface area contributed by atoms with Crippen molar-refractivity contribution in [2.45, 2.75) is 34.6 Å². The van der Waals surface area contributed by atoms with E-state index in [2.05, 4.69) is 162 Å². The molecule has 0 spiro atoms. The lowest BCUT2D eigenvalue weighted by Gasteiger charge is -2.13. The molecule has 0 nitrogen and oxygen atoms in total. The topological polar surface area (TPSA) is 0 Å². The Labute approximate surface area is 234 Å². The van der Waals surface area contributed by atoms with Crippen molar-refractivity contribution in [3.8, 4) is 0 Å². The quantitative estimate of drug-likeness (QED) is 0.202. The van der Waals surface area contributed by atoms with Crippen LogP contribution in [0.4, 0.5) is 0 Å². The molecule has 0 aliphatic carbocycles. The zero-order valence-corrected chi connectivity index (χ0v) is 23.6. The molecule has 5 aromatic rings. The molecule has 0 aliphatic heterocycles. The molecule has 0 N–H and O–H groups in total. The molecule has 0 bridgehead atoms. The Balaban J connectivity index is 1.57. The van der Waals surface area contributed by atoms with Crippen LogP contribution in [0.25, 0.3) is 23.3 Å². The molecule has 0 heterocycles. The second-order valence-electron chi connectivity index (χ2n) is 10.7. The highest BCUT2D eigenvalue weighted by atomic mass is 14.1. The zero-order valence-electron chi connectivity index (χ0n) is 23.6. The van der Waals surface area contributed by atoms with Gasteiger partial charge in [-0.1, -0.05) is 138 Å². The van der Waals surface area contributed by atoms with Crippen molar-refractivity contribution in [3.63, 3.8) is 0 Å². The maximum atomic E-state index is 2.33. The molecule has 0 aliphatic rings. The Morgan fingerprint density at radius 3 is 1.05 bits per heavy atom. The fourth-order valence-electron chi connectivity index (χ4n) is 4.87. The number of hydrogen-bond donors (Lipinski definition) is 0. The Kier molecular flexibility index (Phi) is 7.75. The van der Waals surface area contributed by atoms with E-state index in [1.54, 1.807) is 0 Å². The van der Waals surface area contributed by atoms with Crippen molar-refractivity contribution in [2.75, 3.05) is 0 Å². The predicted octanol–water partition coefficient (Wildman–Crippen LogP) is 10.4. The van der Waals surface area contributed by atoms with Crippen LogP contribution < -0.4 is 0 Å². The van der Waals surface area contributed by atoms with E-state index in [0.29, 0.717) is 0 Å². The number of hydrogen-bond acceptors (Lipinski definition) is 0. The van der Waals surface area contributed by atoms with Gasteiger partial charge in [-0.3, -0.25) is 0 Å². The van der Waals surface area contributed by atoms with Gasteiger partial charge in [-0.2, -0.15) is 0 Å². The van der Waals surface area contributed by atoms with Crippen molar-refractivity contribution in [1.29, 1.82) is 0 Å². The van der Waals surface area contributed by atoms with Crippen molar-refractivity contribution in [3.05, 3.63) is 176 Å². The fraction of sp³-hybridized carbons (Fsp3) is 0.128. The van der Waals surface area contributed by atoms with Crippen LogP contribution in [-0.4, -0.2) is 0 Å². The summed E-state index contributed by atoms with van der Waals surface area (Å²) >= 11 is 0. The van der Waals surface area contributed by atoms with E-state index in [9.17, 15) is 0 Å². The van der Waals surface area contributed by atoms with Crippen molar-refractivity contribution in [2.24, 2.45) is 0 Å².